The molecule has 0 aliphatic heterocycles. The van der Waals surface area contributed by atoms with Gasteiger partial charge in [-0.25, -0.2) is 0 Å². The van der Waals surface area contributed by atoms with Crippen LogP contribution in [0.1, 0.15) is 31.8 Å². The van der Waals surface area contributed by atoms with Gasteiger partial charge in [0.05, 0.1) is 0 Å². The van der Waals surface area contributed by atoms with Gasteiger partial charge in [-0.2, -0.15) is 0 Å². The first-order chi connectivity index (χ1) is 7.79. The molecule has 3 rings (SSSR count). The zero-order chi connectivity index (χ0) is 11.1. The number of ketones is 2. The van der Waals surface area contributed by atoms with Crippen molar-refractivity contribution in [1.29, 1.82) is 0 Å². The van der Waals surface area contributed by atoms with Gasteiger partial charge in [0.25, 0.3) is 0 Å². The standard InChI is InChI=1S/C14H8O2.2Zn/c15-13-9-5-1-2-6-10(9)14(16)12-8-4-3-7-11(12)13;;/h1-8H;;. The number of benzene rings is 2. The molecule has 0 amide bonds. The Morgan fingerprint density at radius 3 is 0.944 bits per heavy atom. The Balaban J connectivity index is 0.000000810. The molecule has 0 radical (unpaired) electrons. The van der Waals surface area contributed by atoms with Crippen LogP contribution in [0.5, 0.6) is 0 Å². The maximum absolute atomic E-state index is 12.1. The third kappa shape index (κ3) is 2.16. The molecule has 0 saturated carbocycles. The Kier molecular flexibility index (Phi) is 4.84. The van der Waals surface area contributed by atoms with E-state index in [1.807, 2.05) is 0 Å². The Bertz CT molecular complexity index is 515. The van der Waals surface area contributed by atoms with Crippen molar-refractivity contribution >= 4 is 11.6 Å². The molecule has 2 aromatic carbocycles. The molecular formula is C14H8O2Zn2. The number of fused-ring (bicyclic) bond motifs is 2. The Morgan fingerprint density at radius 2 is 0.722 bits per heavy atom. The van der Waals surface area contributed by atoms with E-state index in [1.54, 1.807) is 48.5 Å². The van der Waals surface area contributed by atoms with E-state index < -0.39 is 0 Å². The first-order valence-electron chi connectivity index (χ1n) is 5.06. The summed E-state index contributed by atoms with van der Waals surface area (Å²) in [5.41, 5.74) is 2.02. The van der Waals surface area contributed by atoms with Crippen LogP contribution in [0.15, 0.2) is 48.5 Å². The summed E-state index contributed by atoms with van der Waals surface area (Å²) in [6.45, 7) is 0. The van der Waals surface area contributed by atoms with Crippen LogP contribution in [0, 0.1) is 0 Å². The summed E-state index contributed by atoms with van der Waals surface area (Å²) in [6, 6.07) is 13.9. The maximum Gasteiger partial charge on any atom is 0.194 e. The first-order valence-corrected chi connectivity index (χ1v) is 5.06. The molecular weight excluding hydrogens is 331 g/mol. The van der Waals surface area contributed by atoms with E-state index in [-0.39, 0.29) is 50.5 Å². The molecule has 0 bridgehead atoms. The van der Waals surface area contributed by atoms with Crippen LogP contribution in [-0.2, 0) is 39.0 Å². The quantitative estimate of drug-likeness (QED) is 0.590. The third-order valence-corrected chi connectivity index (χ3v) is 2.83. The van der Waals surface area contributed by atoms with E-state index >= 15 is 0 Å². The molecule has 18 heavy (non-hydrogen) atoms. The van der Waals surface area contributed by atoms with Crippen LogP contribution in [-0.4, -0.2) is 11.6 Å². The van der Waals surface area contributed by atoms with E-state index in [0.29, 0.717) is 22.3 Å². The van der Waals surface area contributed by atoms with Crippen LogP contribution in [0.4, 0.5) is 0 Å². The topological polar surface area (TPSA) is 34.1 Å². The number of carbonyl (C=O) groups excluding carboxylic acids is 2. The summed E-state index contributed by atoms with van der Waals surface area (Å²) in [7, 11) is 0. The fraction of sp³-hybridized carbons (Fsp3) is 0. The van der Waals surface area contributed by atoms with Gasteiger partial charge in [-0.3, -0.25) is 9.59 Å². The summed E-state index contributed by atoms with van der Waals surface area (Å²) in [5, 5.41) is 0. The molecule has 4 heteroatoms. The summed E-state index contributed by atoms with van der Waals surface area (Å²) in [4.78, 5) is 24.2. The zero-order valence-corrected chi connectivity index (χ0v) is 15.8. The molecule has 0 aromatic heterocycles. The van der Waals surface area contributed by atoms with Crippen LogP contribution in [0.3, 0.4) is 0 Å². The number of rotatable bonds is 0. The van der Waals surface area contributed by atoms with Gasteiger partial charge in [0.1, 0.15) is 0 Å². The molecule has 0 spiro atoms. The minimum atomic E-state index is -0.0641. The van der Waals surface area contributed by atoms with Crippen molar-refractivity contribution in [1.82, 2.24) is 0 Å². The molecule has 0 unspecified atom stereocenters. The second-order valence-corrected chi connectivity index (χ2v) is 3.75. The zero-order valence-electron chi connectivity index (χ0n) is 9.85. The monoisotopic (exact) mass is 336 g/mol. The van der Waals surface area contributed by atoms with Gasteiger partial charge in [0.15, 0.2) is 11.6 Å². The molecule has 0 saturated heterocycles. The molecule has 2 aromatic rings. The van der Waals surface area contributed by atoms with Crippen molar-refractivity contribution in [2.45, 2.75) is 0 Å². The average molecular weight is 339 g/mol. The minimum absolute atomic E-state index is 0. The Hall–Kier alpha value is -0.973. The fourth-order valence-electron chi connectivity index (χ4n) is 2.05. The summed E-state index contributed by atoms with van der Waals surface area (Å²) in [5.74, 6) is -0.128. The van der Waals surface area contributed by atoms with E-state index in [9.17, 15) is 9.59 Å². The van der Waals surface area contributed by atoms with Gasteiger partial charge < -0.3 is 0 Å². The normalized spacial score (nSPS) is 11.8. The Morgan fingerprint density at radius 1 is 0.500 bits per heavy atom. The maximum atomic E-state index is 12.1. The van der Waals surface area contributed by atoms with Crippen molar-refractivity contribution in [3.05, 3.63) is 70.8 Å². The van der Waals surface area contributed by atoms with Crippen molar-refractivity contribution in [3.8, 4) is 0 Å². The van der Waals surface area contributed by atoms with Crippen molar-refractivity contribution in [3.63, 3.8) is 0 Å². The molecule has 0 heterocycles. The second-order valence-electron chi connectivity index (χ2n) is 3.75. The van der Waals surface area contributed by atoms with Crippen LogP contribution in [0.25, 0.3) is 0 Å². The van der Waals surface area contributed by atoms with Crippen LogP contribution < -0.4 is 0 Å². The first kappa shape index (κ1) is 15.1. The van der Waals surface area contributed by atoms with E-state index in [4.69, 9.17) is 0 Å². The average Bonchev–Trinajstić information content (AvgIpc) is 2.36. The summed E-state index contributed by atoms with van der Waals surface area (Å²) in [6.07, 6.45) is 0. The van der Waals surface area contributed by atoms with Gasteiger partial charge in [-0.05, 0) is 0 Å². The predicted octanol–water partition coefficient (Wildman–Crippen LogP) is 2.46. The molecule has 1 aliphatic carbocycles. The smallest absolute Gasteiger partial charge is 0.194 e. The largest absolute Gasteiger partial charge is 0.289 e. The van der Waals surface area contributed by atoms with Crippen molar-refractivity contribution in [2.24, 2.45) is 0 Å². The summed E-state index contributed by atoms with van der Waals surface area (Å²) >= 11 is 0. The molecule has 0 N–H and O–H groups in total. The number of carbonyl (C=O) groups is 2. The molecule has 0 fully saturated rings. The van der Waals surface area contributed by atoms with E-state index in [0.717, 1.165) is 0 Å². The molecule has 1 aliphatic rings. The summed E-state index contributed by atoms with van der Waals surface area (Å²) < 4.78 is 0. The SMILES string of the molecule is O=C1c2ccccc2C(=O)c2ccccc21.[Zn].[Zn]. The third-order valence-electron chi connectivity index (χ3n) is 2.83. The van der Waals surface area contributed by atoms with Gasteiger partial charge in [-0.1, -0.05) is 48.5 Å². The molecule has 0 atom stereocenters. The second kappa shape index (κ2) is 5.78. The van der Waals surface area contributed by atoms with E-state index in [2.05, 4.69) is 0 Å². The van der Waals surface area contributed by atoms with Crippen molar-refractivity contribution < 1.29 is 48.5 Å². The van der Waals surface area contributed by atoms with Crippen molar-refractivity contribution in [2.75, 3.05) is 0 Å². The van der Waals surface area contributed by atoms with Gasteiger partial charge >= 0.3 is 0 Å². The Labute approximate surface area is 130 Å². The van der Waals surface area contributed by atoms with Gasteiger partial charge in [0.2, 0.25) is 0 Å². The van der Waals surface area contributed by atoms with Gasteiger partial charge in [0, 0.05) is 61.2 Å². The van der Waals surface area contributed by atoms with Crippen LogP contribution >= 0.6 is 0 Å². The minimum Gasteiger partial charge on any atom is -0.289 e. The van der Waals surface area contributed by atoms with Gasteiger partial charge in [-0.15, -0.1) is 0 Å². The molecule has 2 nitrogen and oxygen atoms in total. The number of hydrogen-bond acceptors (Lipinski definition) is 2. The molecule has 80 valence electrons. The fourth-order valence-corrected chi connectivity index (χ4v) is 2.05. The van der Waals surface area contributed by atoms with E-state index in [1.165, 1.54) is 0 Å². The van der Waals surface area contributed by atoms with Crippen LogP contribution in [0.2, 0.25) is 0 Å². The number of hydrogen-bond donors (Lipinski definition) is 0. The predicted molar refractivity (Wildman–Crippen MR) is 59.7 cm³/mol.